The van der Waals surface area contributed by atoms with E-state index >= 15 is 0 Å². The molecule has 0 N–H and O–H groups in total. The minimum atomic E-state index is -0.481. The van der Waals surface area contributed by atoms with Crippen molar-refractivity contribution >= 4 is 11.9 Å². The largest absolute Gasteiger partial charge is 0.464 e. The Bertz CT molecular complexity index is 956. The highest BCUT2D eigenvalue weighted by atomic mass is 16.5. The molecule has 0 fully saturated rings. The number of carbonyl (C=O) groups is 2. The summed E-state index contributed by atoms with van der Waals surface area (Å²) in [6.45, 7) is 2.98. The zero-order valence-electron chi connectivity index (χ0n) is 15.8. The van der Waals surface area contributed by atoms with Crippen LogP contribution in [0, 0.1) is 0 Å². The van der Waals surface area contributed by atoms with E-state index in [0.717, 1.165) is 5.56 Å². The van der Waals surface area contributed by atoms with Crippen LogP contribution in [0.5, 0.6) is 0 Å². The van der Waals surface area contributed by atoms with E-state index in [1.54, 1.807) is 35.6 Å². The molecule has 2 heterocycles. The van der Waals surface area contributed by atoms with Crippen LogP contribution in [0.1, 0.15) is 33.3 Å². The van der Waals surface area contributed by atoms with Crippen LogP contribution in [-0.4, -0.2) is 57.0 Å². The van der Waals surface area contributed by atoms with Gasteiger partial charge in [0.1, 0.15) is 5.69 Å². The molecule has 0 unspecified atom stereocenters. The number of aromatic nitrogens is 4. The summed E-state index contributed by atoms with van der Waals surface area (Å²) < 4.78 is 4.70. The number of ether oxygens (including phenoxy) is 1. The number of amides is 1. The Morgan fingerprint density at radius 2 is 1.86 bits per heavy atom. The van der Waals surface area contributed by atoms with E-state index < -0.39 is 5.97 Å². The van der Waals surface area contributed by atoms with Crippen molar-refractivity contribution in [3.05, 3.63) is 71.8 Å². The van der Waals surface area contributed by atoms with Gasteiger partial charge in [0.15, 0.2) is 0 Å². The third kappa shape index (κ3) is 4.22. The minimum Gasteiger partial charge on any atom is -0.464 e. The van der Waals surface area contributed by atoms with Crippen molar-refractivity contribution in [1.29, 1.82) is 0 Å². The highest BCUT2D eigenvalue weighted by molar-refractivity contribution is 5.97. The van der Waals surface area contributed by atoms with E-state index in [2.05, 4.69) is 15.2 Å². The molecule has 8 nitrogen and oxygen atoms in total. The standard InChI is InChI=1S/C20H21N5O3/c1-3-24(13-9-15-8-10-21-17(14-15)20(27)28-2)19(26)16-6-4-5-7-18(16)25-22-11-12-23-25/h4-8,10-12,14H,3,9,13H2,1-2H3. The van der Waals surface area contributed by atoms with Crippen molar-refractivity contribution < 1.29 is 14.3 Å². The average molecular weight is 379 g/mol. The number of esters is 1. The van der Waals surface area contributed by atoms with Gasteiger partial charge in [0.05, 0.1) is 30.8 Å². The van der Waals surface area contributed by atoms with E-state index in [0.29, 0.717) is 30.8 Å². The molecule has 3 aromatic rings. The van der Waals surface area contributed by atoms with Gasteiger partial charge in [-0.15, -0.1) is 0 Å². The second-order valence-electron chi connectivity index (χ2n) is 6.01. The van der Waals surface area contributed by atoms with Crippen molar-refractivity contribution in [2.75, 3.05) is 20.2 Å². The van der Waals surface area contributed by atoms with Gasteiger partial charge < -0.3 is 9.64 Å². The molecule has 8 heteroatoms. The van der Waals surface area contributed by atoms with Gasteiger partial charge in [-0.2, -0.15) is 15.0 Å². The van der Waals surface area contributed by atoms with Crippen LogP contribution in [0.3, 0.4) is 0 Å². The zero-order chi connectivity index (χ0) is 19.9. The Balaban J connectivity index is 1.76. The van der Waals surface area contributed by atoms with E-state index in [4.69, 9.17) is 4.74 Å². The summed E-state index contributed by atoms with van der Waals surface area (Å²) in [4.78, 5) is 31.9. The first kappa shape index (κ1) is 19.2. The Kier molecular flexibility index (Phi) is 6.11. The molecule has 0 aliphatic rings. The summed E-state index contributed by atoms with van der Waals surface area (Å²) in [5.41, 5.74) is 2.33. The maximum Gasteiger partial charge on any atom is 0.356 e. The van der Waals surface area contributed by atoms with Crippen LogP contribution in [-0.2, 0) is 11.2 Å². The van der Waals surface area contributed by atoms with Gasteiger partial charge in [0.25, 0.3) is 5.91 Å². The molecule has 0 saturated heterocycles. The monoisotopic (exact) mass is 379 g/mol. The summed E-state index contributed by atoms with van der Waals surface area (Å²) in [6, 6.07) is 10.8. The Morgan fingerprint density at radius 1 is 1.11 bits per heavy atom. The minimum absolute atomic E-state index is 0.0994. The lowest BCUT2D eigenvalue weighted by atomic mass is 10.1. The van der Waals surface area contributed by atoms with Gasteiger partial charge in [-0.1, -0.05) is 12.1 Å². The lowest BCUT2D eigenvalue weighted by molar-refractivity contribution is 0.0593. The van der Waals surface area contributed by atoms with Gasteiger partial charge in [-0.25, -0.2) is 9.78 Å². The van der Waals surface area contributed by atoms with Crippen LogP contribution in [0.25, 0.3) is 5.69 Å². The van der Waals surface area contributed by atoms with Crippen LogP contribution in [0.2, 0.25) is 0 Å². The number of pyridine rings is 1. The number of para-hydroxylation sites is 1. The molecule has 0 aliphatic heterocycles. The molecule has 0 saturated carbocycles. The van der Waals surface area contributed by atoms with Gasteiger partial charge in [0, 0.05) is 19.3 Å². The third-order valence-electron chi connectivity index (χ3n) is 4.33. The maximum absolute atomic E-state index is 13.1. The number of benzene rings is 1. The number of hydrogen-bond acceptors (Lipinski definition) is 6. The van der Waals surface area contributed by atoms with Crippen LogP contribution >= 0.6 is 0 Å². The normalized spacial score (nSPS) is 10.5. The number of carbonyl (C=O) groups excluding carboxylic acids is 2. The molecule has 3 rings (SSSR count). The number of hydrogen-bond donors (Lipinski definition) is 0. The maximum atomic E-state index is 13.1. The third-order valence-corrected chi connectivity index (χ3v) is 4.33. The molecule has 0 radical (unpaired) electrons. The SMILES string of the molecule is CCN(CCc1ccnc(C(=O)OC)c1)C(=O)c1ccccc1-n1nccn1. The fourth-order valence-electron chi connectivity index (χ4n) is 2.85. The van der Waals surface area contributed by atoms with E-state index in [1.165, 1.54) is 11.9 Å². The fraction of sp³-hybridized carbons (Fsp3) is 0.250. The first-order chi connectivity index (χ1) is 13.6. The molecular weight excluding hydrogens is 358 g/mol. The molecule has 1 aromatic carbocycles. The van der Waals surface area contributed by atoms with Gasteiger partial charge in [-0.3, -0.25) is 4.79 Å². The molecule has 28 heavy (non-hydrogen) atoms. The highest BCUT2D eigenvalue weighted by Crippen LogP contribution is 2.15. The summed E-state index contributed by atoms with van der Waals surface area (Å²) >= 11 is 0. The summed E-state index contributed by atoms with van der Waals surface area (Å²) in [7, 11) is 1.32. The number of methoxy groups -OCH3 is 1. The highest BCUT2D eigenvalue weighted by Gasteiger charge is 2.19. The molecule has 0 bridgehead atoms. The molecule has 0 atom stereocenters. The lowest BCUT2D eigenvalue weighted by Crippen LogP contribution is -2.33. The van der Waals surface area contributed by atoms with E-state index in [-0.39, 0.29) is 11.6 Å². The number of nitrogens with zero attached hydrogens (tertiary/aromatic N) is 5. The Labute approximate surface area is 162 Å². The lowest BCUT2D eigenvalue weighted by Gasteiger charge is -2.22. The quantitative estimate of drug-likeness (QED) is 0.584. The van der Waals surface area contributed by atoms with Crippen molar-refractivity contribution in [1.82, 2.24) is 24.9 Å². The summed E-state index contributed by atoms with van der Waals surface area (Å²) in [5.74, 6) is -0.580. The zero-order valence-corrected chi connectivity index (χ0v) is 15.8. The Hall–Kier alpha value is -3.55. The average Bonchev–Trinajstić information content (AvgIpc) is 3.28. The number of rotatable bonds is 7. The van der Waals surface area contributed by atoms with Gasteiger partial charge >= 0.3 is 5.97 Å². The van der Waals surface area contributed by atoms with Crippen molar-refractivity contribution in [2.24, 2.45) is 0 Å². The first-order valence-corrected chi connectivity index (χ1v) is 8.92. The predicted octanol–water partition coefficient (Wildman–Crippen LogP) is 2.15. The second kappa shape index (κ2) is 8.90. The predicted molar refractivity (Wildman–Crippen MR) is 102 cm³/mol. The molecule has 0 spiro atoms. The van der Waals surface area contributed by atoms with Crippen molar-refractivity contribution in [3.63, 3.8) is 0 Å². The van der Waals surface area contributed by atoms with Crippen LogP contribution in [0.4, 0.5) is 0 Å². The Morgan fingerprint density at radius 3 is 2.57 bits per heavy atom. The molecule has 144 valence electrons. The van der Waals surface area contributed by atoms with Crippen molar-refractivity contribution in [2.45, 2.75) is 13.3 Å². The molecular formula is C20H21N5O3. The molecule has 0 aliphatic carbocycles. The van der Waals surface area contributed by atoms with Crippen LogP contribution < -0.4 is 0 Å². The van der Waals surface area contributed by atoms with E-state index in [9.17, 15) is 9.59 Å². The first-order valence-electron chi connectivity index (χ1n) is 8.92. The van der Waals surface area contributed by atoms with Crippen molar-refractivity contribution in [3.8, 4) is 5.69 Å². The second-order valence-corrected chi connectivity index (χ2v) is 6.01. The molecule has 2 aromatic heterocycles. The molecule has 1 amide bonds. The van der Waals surface area contributed by atoms with Gasteiger partial charge in [-0.05, 0) is 43.2 Å². The summed E-state index contributed by atoms with van der Waals surface area (Å²) in [5, 5.41) is 8.25. The topological polar surface area (TPSA) is 90.2 Å². The van der Waals surface area contributed by atoms with Crippen LogP contribution in [0.15, 0.2) is 55.0 Å². The fourth-order valence-corrected chi connectivity index (χ4v) is 2.85. The smallest absolute Gasteiger partial charge is 0.356 e. The number of likely N-dealkylation sites (N-methyl/N-ethyl adjacent to an activating group) is 1. The van der Waals surface area contributed by atoms with Gasteiger partial charge in [0.2, 0.25) is 0 Å². The van der Waals surface area contributed by atoms with E-state index in [1.807, 2.05) is 31.2 Å². The summed E-state index contributed by atoms with van der Waals surface area (Å²) in [6.07, 6.45) is 5.30.